The molecule has 2 fully saturated rings. The van der Waals surface area contributed by atoms with Crippen LogP contribution in [0.1, 0.15) is 111 Å². The molecule has 6 amide bonds. The molecule has 1 aliphatic heterocycles. The Kier molecular flexibility index (Phi) is 17.9. The number of nitrogens with one attached hydrogen (secondary N) is 4. The van der Waals surface area contributed by atoms with Crippen molar-refractivity contribution in [1.82, 2.24) is 31.1 Å². The van der Waals surface area contributed by atoms with Crippen LogP contribution in [0.2, 0.25) is 0 Å². The molecule has 1 saturated carbocycles. The van der Waals surface area contributed by atoms with Crippen LogP contribution in [0.3, 0.4) is 0 Å². The minimum absolute atomic E-state index is 0.172. The van der Waals surface area contributed by atoms with Crippen LogP contribution in [-0.4, -0.2) is 108 Å². The summed E-state index contributed by atoms with van der Waals surface area (Å²) in [7, 11) is 1.65. The zero-order valence-corrected chi connectivity index (χ0v) is 29.9. The van der Waals surface area contributed by atoms with Crippen LogP contribution in [0.25, 0.3) is 0 Å². The van der Waals surface area contributed by atoms with E-state index in [4.69, 9.17) is 11.5 Å². The van der Waals surface area contributed by atoms with Gasteiger partial charge in [-0.3, -0.25) is 33.7 Å². The Bertz CT molecular complexity index is 1080. The van der Waals surface area contributed by atoms with Gasteiger partial charge in [0.05, 0.1) is 12.5 Å². The van der Waals surface area contributed by atoms with Gasteiger partial charge < -0.3 is 37.6 Å². The average molecular weight is 679 g/mol. The molecule has 2 aliphatic rings. The van der Waals surface area contributed by atoms with Gasteiger partial charge in [0.2, 0.25) is 35.4 Å². The summed E-state index contributed by atoms with van der Waals surface area (Å²) < 4.78 is 0. The normalized spacial score (nSPS) is 28.1. The van der Waals surface area contributed by atoms with Gasteiger partial charge in [-0.15, -0.1) is 0 Å². The molecule has 14 nitrogen and oxygen atoms in total. The quantitative estimate of drug-likeness (QED) is 0.172. The Hall–Kier alpha value is -3.26. The van der Waals surface area contributed by atoms with Crippen LogP contribution in [0.4, 0.5) is 0 Å². The van der Waals surface area contributed by atoms with Gasteiger partial charge in [0.25, 0.3) is 0 Å². The number of hydrogen-bond acceptors (Lipinski definition) is 8. The molecule has 2 rings (SSSR count). The molecule has 8 N–H and O–H groups in total. The molecule has 48 heavy (non-hydrogen) atoms. The highest BCUT2D eigenvalue weighted by atomic mass is 16.2. The van der Waals surface area contributed by atoms with Gasteiger partial charge in [-0.25, -0.2) is 0 Å². The van der Waals surface area contributed by atoms with Crippen molar-refractivity contribution in [3.05, 3.63) is 0 Å². The van der Waals surface area contributed by atoms with Crippen molar-refractivity contribution >= 4 is 35.4 Å². The van der Waals surface area contributed by atoms with Gasteiger partial charge in [0, 0.05) is 26.2 Å². The highest BCUT2D eigenvalue weighted by molar-refractivity contribution is 5.97. The summed E-state index contributed by atoms with van der Waals surface area (Å²) in [6.45, 7) is 8.50. The summed E-state index contributed by atoms with van der Waals surface area (Å²) >= 11 is 0. The van der Waals surface area contributed by atoms with Crippen LogP contribution in [-0.2, 0) is 28.8 Å². The van der Waals surface area contributed by atoms with E-state index < -0.39 is 72.2 Å². The van der Waals surface area contributed by atoms with Crippen molar-refractivity contribution in [3.8, 4) is 0 Å². The second-order valence-electron chi connectivity index (χ2n) is 13.6. The van der Waals surface area contributed by atoms with Crippen molar-refractivity contribution in [2.24, 2.45) is 17.4 Å². The number of amides is 6. The molecule has 0 unspecified atom stereocenters. The van der Waals surface area contributed by atoms with Gasteiger partial charge in [-0.1, -0.05) is 65.7 Å². The van der Waals surface area contributed by atoms with E-state index in [-0.39, 0.29) is 18.4 Å². The Morgan fingerprint density at radius 2 is 1.40 bits per heavy atom. The van der Waals surface area contributed by atoms with Crippen molar-refractivity contribution < 1.29 is 28.8 Å². The van der Waals surface area contributed by atoms with Gasteiger partial charge >= 0.3 is 0 Å². The molecule has 0 aromatic heterocycles. The number of carbonyl (C=O) groups excluding carboxylic acids is 6. The lowest BCUT2D eigenvalue weighted by Gasteiger charge is -2.38. The smallest absolute Gasteiger partial charge is 0.244 e. The standard InChI is InChI=1S/C34H62N8O6/c1-6-9-17-27-34(48)41(5)26(14-8-3)32(46)40-29(23-15-12-11-13-16-23)33(47)39-25(20-35)31(45)38-24(19-28(36)43)30(44)37-22(4)21-42(27)18-10-7-2/h22-27,29H,6-21,35H2,1-5H3,(H2,36,43)(H,37,44)(H,38,45)(H,39,47)(H,40,46)/t22-,24+,25+,26+,27+,29+/m1/s1. The highest BCUT2D eigenvalue weighted by Crippen LogP contribution is 2.27. The fraction of sp³-hybridized carbons (Fsp3) is 0.824. The molecule has 0 bridgehead atoms. The molecule has 6 atom stereocenters. The zero-order chi connectivity index (χ0) is 35.8. The molecule has 14 heteroatoms. The number of nitrogens with two attached hydrogens (primary N) is 2. The van der Waals surface area contributed by atoms with Crippen molar-refractivity contribution in [2.75, 3.05) is 26.7 Å². The summed E-state index contributed by atoms with van der Waals surface area (Å²) in [6, 6.07) is -5.32. The molecule has 0 aromatic rings. The van der Waals surface area contributed by atoms with Gasteiger partial charge in [-0.2, -0.15) is 0 Å². The van der Waals surface area contributed by atoms with Crippen LogP contribution < -0.4 is 32.7 Å². The number of nitrogens with zero attached hydrogens (tertiary/aromatic N) is 2. The third-order valence-corrected chi connectivity index (χ3v) is 9.54. The van der Waals surface area contributed by atoms with Gasteiger partial charge in [0.15, 0.2) is 0 Å². The lowest BCUT2D eigenvalue weighted by molar-refractivity contribution is -0.145. The molecule has 1 heterocycles. The predicted molar refractivity (Wildman–Crippen MR) is 184 cm³/mol. The Morgan fingerprint density at radius 1 is 0.771 bits per heavy atom. The number of carbonyl (C=O) groups is 6. The topological polar surface area (TPSA) is 209 Å². The van der Waals surface area contributed by atoms with Crippen LogP contribution in [0, 0.1) is 5.92 Å². The molecular weight excluding hydrogens is 616 g/mol. The largest absolute Gasteiger partial charge is 0.370 e. The molecule has 1 saturated heterocycles. The van der Waals surface area contributed by atoms with Crippen molar-refractivity contribution in [3.63, 3.8) is 0 Å². The summed E-state index contributed by atoms with van der Waals surface area (Å²) in [5.41, 5.74) is 11.4. The number of primary amides is 1. The minimum atomic E-state index is -1.31. The molecule has 0 radical (unpaired) electrons. The first-order valence-corrected chi connectivity index (χ1v) is 18.1. The Morgan fingerprint density at radius 3 is 1.98 bits per heavy atom. The lowest BCUT2D eigenvalue weighted by Crippen LogP contribution is -2.63. The molecule has 274 valence electrons. The minimum Gasteiger partial charge on any atom is -0.370 e. The van der Waals surface area contributed by atoms with E-state index in [1.807, 2.05) is 6.92 Å². The highest BCUT2D eigenvalue weighted by Gasteiger charge is 2.39. The average Bonchev–Trinajstić information content (AvgIpc) is 3.05. The van der Waals surface area contributed by atoms with E-state index in [0.29, 0.717) is 32.4 Å². The van der Waals surface area contributed by atoms with E-state index in [1.54, 1.807) is 14.0 Å². The maximum atomic E-state index is 14.4. The lowest BCUT2D eigenvalue weighted by atomic mass is 9.83. The van der Waals surface area contributed by atoms with Crippen LogP contribution >= 0.6 is 0 Å². The predicted octanol–water partition coefficient (Wildman–Crippen LogP) is 0.662. The summed E-state index contributed by atoms with van der Waals surface area (Å²) in [5, 5.41) is 11.1. The maximum absolute atomic E-state index is 14.4. The maximum Gasteiger partial charge on any atom is 0.244 e. The van der Waals surface area contributed by atoms with Crippen molar-refractivity contribution in [2.45, 2.75) is 147 Å². The van der Waals surface area contributed by atoms with Crippen LogP contribution in [0.15, 0.2) is 0 Å². The Labute approximate surface area is 286 Å². The number of hydrogen-bond donors (Lipinski definition) is 6. The molecule has 0 spiro atoms. The van der Waals surface area contributed by atoms with Crippen LogP contribution in [0.5, 0.6) is 0 Å². The van der Waals surface area contributed by atoms with Gasteiger partial charge in [-0.05, 0) is 51.5 Å². The van der Waals surface area contributed by atoms with E-state index in [2.05, 4.69) is 40.0 Å². The third kappa shape index (κ3) is 12.3. The SMILES string of the molecule is CCCC[C@H]1C(=O)N(C)[C@@H](CCC)C(=O)N[C@@H](C2CCCCC2)C(=O)N[C@@H](CN)C(=O)N[C@@H](CC(N)=O)C(=O)N[C@H](C)CN1CCCC. The molecule has 1 aliphatic carbocycles. The zero-order valence-electron chi connectivity index (χ0n) is 29.9. The second kappa shape index (κ2) is 21.0. The fourth-order valence-corrected chi connectivity index (χ4v) is 6.79. The van der Waals surface area contributed by atoms with E-state index >= 15 is 0 Å². The fourth-order valence-electron chi connectivity index (χ4n) is 6.79. The van der Waals surface area contributed by atoms with E-state index in [1.165, 1.54) is 4.90 Å². The summed E-state index contributed by atoms with van der Waals surface area (Å²) in [6.07, 6.45) is 8.78. The number of unbranched alkanes of at least 4 members (excludes halogenated alkanes) is 2. The Balaban J connectivity index is 2.64. The summed E-state index contributed by atoms with van der Waals surface area (Å²) in [4.78, 5) is 84.7. The first kappa shape index (κ1) is 40.9. The monoisotopic (exact) mass is 678 g/mol. The van der Waals surface area contributed by atoms with Gasteiger partial charge in [0.1, 0.15) is 24.2 Å². The number of rotatable bonds is 12. The summed E-state index contributed by atoms with van der Waals surface area (Å²) in [5.74, 6) is -3.49. The van der Waals surface area contributed by atoms with E-state index in [9.17, 15) is 28.8 Å². The molecular formula is C34H62N8O6. The third-order valence-electron chi connectivity index (χ3n) is 9.54. The first-order valence-electron chi connectivity index (χ1n) is 18.1. The second-order valence-corrected chi connectivity index (χ2v) is 13.6. The number of likely N-dealkylation sites (N-methyl/N-ethyl adjacent to an activating group) is 1. The van der Waals surface area contributed by atoms with E-state index in [0.717, 1.165) is 57.8 Å². The van der Waals surface area contributed by atoms with Crippen molar-refractivity contribution in [1.29, 1.82) is 0 Å². The first-order chi connectivity index (χ1) is 22.9. The molecule has 0 aromatic carbocycles.